The van der Waals surface area contributed by atoms with Crippen LogP contribution < -0.4 is 0 Å². The summed E-state index contributed by atoms with van der Waals surface area (Å²) in [5.74, 6) is 0. The highest BCUT2D eigenvalue weighted by Crippen LogP contribution is 2.26. The highest BCUT2D eigenvalue weighted by molar-refractivity contribution is 9.10. The van der Waals surface area contributed by atoms with Gasteiger partial charge < -0.3 is 0 Å². The van der Waals surface area contributed by atoms with Crippen LogP contribution >= 0.6 is 27.3 Å². The van der Waals surface area contributed by atoms with Crippen LogP contribution in [-0.4, -0.2) is 9.38 Å². The SMILES string of the molecule is Cc1cn2c(-c3ccc(Br)cc3)cnc2s1. The van der Waals surface area contributed by atoms with Crippen molar-refractivity contribution in [2.24, 2.45) is 0 Å². The molecule has 16 heavy (non-hydrogen) atoms. The molecule has 2 aromatic heterocycles. The largest absolute Gasteiger partial charge is 0.290 e. The molecule has 0 aliphatic heterocycles. The molecule has 3 aromatic rings. The Morgan fingerprint density at radius 1 is 1.25 bits per heavy atom. The first-order valence-electron chi connectivity index (χ1n) is 4.93. The first-order chi connectivity index (χ1) is 7.74. The molecule has 0 fully saturated rings. The van der Waals surface area contributed by atoms with E-state index in [1.54, 1.807) is 11.3 Å². The summed E-state index contributed by atoms with van der Waals surface area (Å²) < 4.78 is 3.24. The van der Waals surface area contributed by atoms with Crippen LogP contribution in [0.2, 0.25) is 0 Å². The summed E-state index contributed by atoms with van der Waals surface area (Å²) in [6.07, 6.45) is 4.05. The van der Waals surface area contributed by atoms with Crippen LogP contribution in [0.3, 0.4) is 0 Å². The molecule has 0 amide bonds. The topological polar surface area (TPSA) is 17.3 Å². The molecule has 0 unspecified atom stereocenters. The van der Waals surface area contributed by atoms with Gasteiger partial charge in [0.15, 0.2) is 4.96 Å². The molecule has 0 atom stereocenters. The van der Waals surface area contributed by atoms with E-state index in [0.29, 0.717) is 0 Å². The first-order valence-corrected chi connectivity index (χ1v) is 6.54. The molecule has 0 radical (unpaired) electrons. The van der Waals surface area contributed by atoms with E-state index in [4.69, 9.17) is 0 Å². The Morgan fingerprint density at radius 3 is 2.75 bits per heavy atom. The number of benzene rings is 1. The van der Waals surface area contributed by atoms with Crippen LogP contribution in [0.1, 0.15) is 4.88 Å². The number of nitrogens with zero attached hydrogens (tertiary/aromatic N) is 2. The minimum absolute atomic E-state index is 1.05. The standard InChI is InChI=1S/C12H9BrN2S/c1-8-7-15-11(6-14-12(15)16-8)9-2-4-10(13)5-3-9/h2-7H,1H3. The third-order valence-corrected chi connectivity index (χ3v) is 3.91. The molecule has 0 bridgehead atoms. The summed E-state index contributed by atoms with van der Waals surface area (Å²) in [6.45, 7) is 2.10. The second kappa shape index (κ2) is 3.71. The number of aromatic nitrogens is 2. The van der Waals surface area contributed by atoms with Gasteiger partial charge in [-0.15, -0.1) is 11.3 Å². The van der Waals surface area contributed by atoms with Crippen molar-refractivity contribution in [2.45, 2.75) is 6.92 Å². The second-order valence-electron chi connectivity index (χ2n) is 3.64. The molecule has 0 saturated heterocycles. The maximum atomic E-state index is 4.41. The quantitative estimate of drug-likeness (QED) is 0.659. The van der Waals surface area contributed by atoms with Crippen molar-refractivity contribution >= 4 is 32.2 Å². The lowest BCUT2D eigenvalue weighted by molar-refractivity contribution is 1.22. The molecule has 3 rings (SSSR count). The number of halogens is 1. The Labute approximate surface area is 106 Å². The van der Waals surface area contributed by atoms with Gasteiger partial charge >= 0.3 is 0 Å². The molecule has 0 spiro atoms. The Balaban J connectivity index is 2.21. The lowest BCUT2D eigenvalue weighted by Crippen LogP contribution is -1.82. The Bertz CT molecular complexity index is 637. The summed E-state index contributed by atoms with van der Waals surface area (Å²) in [7, 11) is 0. The first kappa shape index (κ1) is 10.1. The third kappa shape index (κ3) is 1.58. The number of rotatable bonds is 1. The minimum atomic E-state index is 1.05. The van der Waals surface area contributed by atoms with Gasteiger partial charge in [-0.25, -0.2) is 4.98 Å². The second-order valence-corrected chi connectivity index (χ2v) is 5.77. The van der Waals surface area contributed by atoms with E-state index >= 15 is 0 Å². The van der Waals surface area contributed by atoms with Crippen molar-refractivity contribution < 1.29 is 0 Å². The number of hydrogen-bond acceptors (Lipinski definition) is 2. The molecule has 80 valence electrons. The van der Waals surface area contributed by atoms with Crippen molar-refractivity contribution in [1.82, 2.24) is 9.38 Å². The zero-order chi connectivity index (χ0) is 11.1. The van der Waals surface area contributed by atoms with Crippen molar-refractivity contribution in [1.29, 1.82) is 0 Å². The fraction of sp³-hybridized carbons (Fsp3) is 0.0833. The van der Waals surface area contributed by atoms with E-state index < -0.39 is 0 Å². The van der Waals surface area contributed by atoms with Crippen LogP contribution in [-0.2, 0) is 0 Å². The van der Waals surface area contributed by atoms with Gasteiger partial charge in [0, 0.05) is 21.1 Å². The van der Waals surface area contributed by atoms with Gasteiger partial charge in [-0.2, -0.15) is 0 Å². The maximum Gasteiger partial charge on any atom is 0.194 e. The summed E-state index contributed by atoms with van der Waals surface area (Å²) in [6, 6.07) is 8.29. The van der Waals surface area contributed by atoms with Crippen LogP contribution in [0.25, 0.3) is 16.2 Å². The number of imidazole rings is 1. The number of hydrogen-bond donors (Lipinski definition) is 0. The molecule has 1 aromatic carbocycles. The van der Waals surface area contributed by atoms with E-state index in [2.05, 4.69) is 50.6 Å². The van der Waals surface area contributed by atoms with Crippen molar-refractivity contribution in [3.05, 3.63) is 46.0 Å². The number of aryl methyl sites for hydroxylation is 1. The van der Waals surface area contributed by atoms with Crippen molar-refractivity contribution in [3.63, 3.8) is 0 Å². The average molecular weight is 293 g/mol. The maximum absolute atomic E-state index is 4.41. The van der Waals surface area contributed by atoms with Crippen LogP contribution in [0.4, 0.5) is 0 Å². The van der Waals surface area contributed by atoms with E-state index in [1.165, 1.54) is 10.4 Å². The average Bonchev–Trinajstić information content (AvgIpc) is 2.78. The van der Waals surface area contributed by atoms with E-state index in [9.17, 15) is 0 Å². The van der Waals surface area contributed by atoms with Crippen molar-refractivity contribution in [2.75, 3.05) is 0 Å². The lowest BCUT2D eigenvalue weighted by atomic mass is 10.2. The van der Waals surface area contributed by atoms with Gasteiger partial charge in [0.1, 0.15) is 0 Å². The molecule has 0 aliphatic rings. The highest BCUT2D eigenvalue weighted by atomic mass is 79.9. The molecular formula is C12H9BrN2S. The van der Waals surface area contributed by atoms with E-state index in [0.717, 1.165) is 15.1 Å². The fourth-order valence-electron chi connectivity index (χ4n) is 1.73. The Morgan fingerprint density at radius 2 is 2.00 bits per heavy atom. The zero-order valence-corrected chi connectivity index (χ0v) is 11.0. The lowest BCUT2D eigenvalue weighted by Gasteiger charge is -1.99. The Hall–Kier alpha value is -1.13. The van der Waals surface area contributed by atoms with Gasteiger partial charge in [-0.05, 0) is 19.1 Å². The molecular weight excluding hydrogens is 284 g/mol. The zero-order valence-electron chi connectivity index (χ0n) is 8.64. The van der Waals surface area contributed by atoms with Crippen LogP contribution in [0.15, 0.2) is 41.1 Å². The van der Waals surface area contributed by atoms with Gasteiger partial charge in [0.25, 0.3) is 0 Å². The number of fused-ring (bicyclic) bond motifs is 1. The monoisotopic (exact) mass is 292 g/mol. The van der Waals surface area contributed by atoms with Gasteiger partial charge in [-0.3, -0.25) is 4.40 Å². The summed E-state index contributed by atoms with van der Waals surface area (Å²) in [5.41, 5.74) is 2.33. The molecule has 0 aliphatic carbocycles. The fourth-order valence-corrected chi connectivity index (χ4v) is 2.80. The van der Waals surface area contributed by atoms with E-state index in [-0.39, 0.29) is 0 Å². The molecule has 2 heterocycles. The minimum Gasteiger partial charge on any atom is -0.290 e. The van der Waals surface area contributed by atoms with Gasteiger partial charge in [-0.1, -0.05) is 28.1 Å². The van der Waals surface area contributed by atoms with E-state index in [1.807, 2.05) is 18.3 Å². The molecule has 2 nitrogen and oxygen atoms in total. The van der Waals surface area contributed by atoms with Gasteiger partial charge in [0.05, 0.1) is 11.9 Å². The smallest absolute Gasteiger partial charge is 0.194 e. The number of thiazole rings is 1. The summed E-state index contributed by atoms with van der Waals surface area (Å²) in [4.78, 5) is 6.74. The van der Waals surface area contributed by atoms with Crippen molar-refractivity contribution in [3.8, 4) is 11.3 Å². The normalized spacial score (nSPS) is 11.1. The third-order valence-electron chi connectivity index (χ3n) is 2.47. The summed E-state index contributed by atoms with van der Waals surface area (Å²) >= 11 is 5.16. The molecule has 4 heteroatoms. The van der Waals surface area contributed by atoms with Crippen LogP contribution in [0, 0.1) is 6.92 Å². The molecule has 0 N–H and O–H groups in total. The van der Waals surface area contributed by atoms with Gasteiger partial charge in [0.2, 0.25) is 0 Å². The highest BCUT2D eigenvalue weighted by Gasteiger charge is 2.07. The Kier molecular flexibility index (Phi) is 2.33. The summed E-state index contributed by atoms with van der Waals surface area (Å²) in [5, 5.41) is 0. The van der Waals surface area contributed by atoms with Crippen LogP contribution in [0.5, 0.6) is 0 Å². The molecule has 0 saturated carbocycles. The predicted molar refractivity (Wildman–Crippen MR) is 70.9 cm³/mol. The predicted octanol–water partition coefficient (Wildman–Crippen LogP) is 4.13.